The van der Waals surface area contributed by atoms with Crippen LogP contribution in [0.4, 0.5) is 0 Å². The smallest absolute Gasteiger partial charge is 0.361 e. The fourth-order valence-corrected chi connectivity index (χ4v) is 3.28. The monoisotopic (exact) mass is 446 g/mol. The van der Waals surface area contributed by atoms with Crippen molar-refractivity contribution in [1.82, 2.24) is 20.0 Å². The van der Waals surface area contributed by atoms with Gasteiger partial charge in [-0.05, 0) is 71.0 Å². The Kier molecular flexibility index (Phi) is 6.26. The number of nitrogens with zero attached hydrogens (tertiary/aromatic N) is 4. The summed E-state index contributed by atoms with van der Waals surface area (Å²) >= 11 is 0. The van der Waals surface area contributed by atoms with E-state index in [1.165, 1.54) is 0 Å². The highest BCUT2D eigenvalue weighted by atomic mass is 16.5. The second kappa shape index (κ2) is 9.28. The first kappa shape index (κ1) is 22.3. The molecule has 0 spiro atoms. The zero-order chi connectivity index (χ0) is 23.5. The largest absolute Gasteiger partial charge is 0.491 e. The van der Waals surface area contributed by atoms with E-state index < -0.39 is 5.97 Å². The molecule has 170 valence electrons. The lowest BCUT2D eigenvalue weighted by Gasteiger charge is -2.09. The molecule has 2 aromatic carbocycles. The van der Waals surface area contributed by atoms with Crippen LogP contribution < -0.4 is 4.74 Å². The van der Waals surface area contributed by atoms with Gasteiger partial charge in [0.1, 0.15) is 23.8 Å². The van der Waals surface area contributed by atoms with Gasteiger partial charge in [0.05, 0.1) is 17.5 Å². The molecule has 0 saturated heterocycles. The predicted molar refractivity (Wildman–Crippen MR) is 122 cm³/mol. The van der Waals surface area contributed by atoms with Crippen LogP contribution in [-0.2, 0) is 11.3 Å². The Morgan fingerprint density at radius 2 is 1.73 bits per heavy atom. The molecule has 33 heavy (non-hydrogen) atoms. The SMILES string of the molecule is Cc1ccc(-n2nnc(C(=O)OCc3nc(-c4ccc(OC(C)C)cc4)oc3C)c2C)cc1. The molecule has 0 N–H and O–H groups in total. The van der Waals surface area contributed by atoms with Crippen LogP contribution in [0.3, 0.4) is 0 Å². The van der Waals surface area contributed by atoms with Gasteiger partial charge in [-0.2, -0.15) is 0 Å². The molecule has 0 aliphatic carbocycles. The molecule has 2 heterocycles. The van der Waals surface area contributed by atoms with E-state index in [0.29, 0.717) is 23.0 Å². The third-order valence-corrected chi connectivity index (χ3v) is 5.07. The molecule has 4 aromatic rings. The van der Waals surface area contributed by atoms with Crippen LogP contribution in [0.5, 0.6) is 5.75 Å². The molecule has 8 heteroatoms. The van der Waals surface area contributed by atoms with Gasteiger partial charge in [-0.1, -0.05) is 22.9 Å². The molecule has 0 aliphatic rings. The second-order valence-electron chi connectivity index (χ2n) is 8.06. The van der Waals surface area contributed by atoms with Crippen LogP contribution in [0.25, 0.3) is 17.1 Å². The number of carbonyl (C=O) groups is 1. The highest BCUT2D eigenvalue weighted by Crippen LogP contribution is 2.25. The third-order valence-electron chi connectivity index (χ3n) is 5.07. The minimum absolute atomic E-state index is 0.0282. The number of ether oxygens (including phenoxy) is 2. The van der Waals surface area contributed by atoms with Crippen molar-refractivity contribution in [3.63, 3.8) is 0 Å². The van der Waals surface area contributed by atoms with Crippen molar-refractivity contribution in [3.05, 3.63) is 76.9 Å². The molecule has 0 saturated carbocycles. The van der Waals surface area contributed by atoms with Crippen molar-refractivity contribution >= 4 is 5.97 Å². The van der Waals surface area contributed by atoms with Gasteiger partial charge in [-0.15, -0.1) is 5.10 Å². The first-order valence-electron chi connectivity index (χ1n) is 10.7. The summed E-state index contributed by atoms with van der Waals surface area (Å²) in [5.41, 5.74) is 4.08. The fraction of sp³-hybridized carbons (Fsp3) is 0.280. The van der Waals surface area contributed by atoms with Crippen molar-refractivity contribution in [2.24, 2.45) is 0 Å². The lowest BCUT2D eigenvalue weighted by Crippen LogP contribution is -2.09. The molecule has 2 aromatic heterocycles. The molecule has 0 bridgehead atoms. The van der Waals surface area contributed by atoms with Crippen molar-refractivity contribution in [1.29, 1.82) is 0 Å². The van der Waals surface area contributed by atoms with Crippen molar-refractivity contribution < 1.29 is 18.7 Å². The van der Waals surface area contributed by atoms with Crippen molar-refractivity contribution in [2.45, 2.75) is 47.3 Å². The Morgan fingerprint density at radius 1 is 1.03 bits per heavy atom. The number of esters is 1. The summed E-state index contributed by atoms with van der Waals surface area (Å²) in [6.45, 7) is 9.50. The van der Waals surface area contributed by atoms with E-state index in [0.717, 1.165) is 22.6 Å². The van der Waals surface area contributed by atoms with Crippen LogP contribution in [-0.4, -0.2) is 32.1 Å². The molecular weight excluding hydrogens is 420 g/mol. The summed E-state index contributed by atoms with van der Waals surface area (Å²) in [6.07, 6.45) is 0.100. The molecule has 0 amide bonds. The number of aromatic nitrogens is 4. The van der Waals surface area contributed by atoms with E-state index in [1.807, 2.05) is 69.3 Å². The molecular formula is C25H26N4O4. The van der Waals surface area contributed by atoms with Gasteiger partial charge in [-0.25, -0.2) is 14.5 Å². The normalized spacial score (nSPS) is 11.1. The Balaban J connectivity index is 1.44. The number of oxazole rings is 1. The lowest BCUT2D eigenvalue weighted by atomic mass is 10.2. The number of rotatable bonds is 7. The summed E-state index contributed by atoms with van der Waals surface area (Å²) < 4.78 is 18.5. The van der Waals surface area contributed by atoms with Gasteiger partial charge in [-0.3, -0.25) is 0 Å². The molecule has 0 radical (unpaired) electrons. The van der Waals surface area contributed by atoms with E-state index in [2.05, 4.69) is 15.3 Å². The van der Waals surface area contributed by atoms with Crippen molar-refractivity contribution in [2.75, 3.05) is 0 Å². The molecule has 0 atom stereocenters. The van der Waals surface area contributed by atoms with Gasteiger partial charge in [0.25, 0.3) is 0 Å². The zero-order valence-corrected chi connectivity index (χ0v) is 19.3. The molecule has 0 unspecified atom stereocenters. The second-order valence-corrected chi connectivity index (χ2v) is 8.06. The Morgan fingerprint density at radius 3 is 2.39 bits per heavy atom. The summed E-state index contributed by atoms with van der Waals surface area (Å²) in [7, 11) is 0. The van der Waals surface area contributed by atoms with Crippen LogP contribution >= 0.6 is 0 Å². The average Bonchev–Trinajstić information content (AvgIpc) is 3.35. The highest BCUT2D eigenvalue weighted by Gasteiger charge is 2.20. The number of benzene rings is 2. The number of hydrogen-bond acceptors (Lipinski definition) is 7. The first-order valence-corrected chi connectivity index (χ1v) is 10.7. The van der Waals surface area contributed by atoms with E-state index in [1.54, 1.807) is 18.5 Å². The van der Waals surface area contributed by atoms with Gasteiger partial charge >= 0.3 is 5.97 Å². The van der Waals surface area contributed by atoms with Gasteiger partial charge in [0.15, 0.2) is 5.69 Å². The zero-order valence-electron chi connectivity index (χ0n) is 19.3. The van der Waals surface area contributed by atoms with Gasteiger partial charge in [0, 0.05) is 5.56 Å². The maximum atomic E-state index is 12.6. The molecule has 4 rings (SSSR count). The van der Waals surface area contributed by atoms with Gasteiger partial charge < -0.3 is 13.9 Å². The van der Waals surface area contributed by atoms with Crippen LogP contribution in [0, 0.1) is 20.8 Å². The van der Waals surface area contributed by atoms with Crippen molar-refractivity contribution in [3.8, 4) is 22.9 Å². The van der Waals surface area contributed by atoms with Crippen LogP contribution in [0.1, 0.15) is 47.0 Å². The quantitative estimate of drug-likeness (QED) is 0.369. The average molecular weight is 447 g/mol. The molecule has 0 fully saturated rings. The predicted octanol–water partition coefficient (Wildman–Crippen LogP) is 4.99. The Bertz CT molecular complexity index is 1250. The summed E-state index contributed by atoms with van der Waals surface area (Å²) in [4.78, 5) is 17.1. The van der Waals surface area contributed by atoms with Gasteiger partial charge in [0.2, 0.25) is 5.89 Å². The topological polar surface area (TPSA) is 92.3 Å². The standard InChI is InChI=1S/C25H26N4O4/c1-15(2)32-21-12-8-19(9-13-21)24-26-22(18(5)33-24)14-31-25(30)23-17(4)29(28-27-23)20-10-6-16(3)7-11-20/h6-13,15H,14H2,1-5H3. The van der Waals surface area contributed by atoms with E-state index in [-0.39, 0.29) is 18.4 Å². The van der Waals surface area contributed by atoms with E-state index in [4.69, 9.17) is 13.9 Å². The first-order chi connectivity index (χ1) is 15.8. The molecule has 8 nitrogen and oxygen atoms in total. The van der Waals surface area contributed by atoms with E-state index >= 15 is 0 Å². The number of carbonyl (C=O) groups excluding carboxylic acids is 1. The number of hydrogen-bond donors (Lipinski definition) is 0. The summed E-state index contributed by atoms with van der Waals surface area (Å²) in [6, 6.07) is 15.3. The Labute approximate surface area is 192 Å². The number of aryl methyl sites for hydroxylation is 2. The maximum Gasteiger partial charge on any atom is 0.361 e. The van der Waals surface area contributed by atoms with Crippen LogP contribution in [0.15, 0.2) is 52.9 Å². The minimum Gasteiger partial charge on any atom is -0.491 e. The highest BCUT2D eigenvalue weighted by molar-refractivity contribution is 5.88. The third kappa shape index (κ3) is 4.95. The summed E-state index contributed by atoms with van der Waals surface area (Å²) in [5, 5.41) is 8.11. The van der Waals surface area contributed by atoms with Crippen LogP contribution in [0.2, 0.25) is 0 Å². The molecule has 0 aliphatic heterocycles. The lowest BCUT2D eigenvalue weighted by molar-refractivity contribution is 0.0459. The summed E-state index contributed by atoms with van der Waals surface area (Å²) in [5.74, 6) is 1.25. The Hall–Kier alpha value is -3.94. The van der Waals surface area contributed by atoms with E-state index in [9.17, 15) is 4.79 Å². The maximum absolute atomic E-state index is 12.6. The minimum atomic E-state index is -0.565. The fourth-order valence-electron chi connectivity index (χ4n) is 3.28.